The summed E-state index contributed by atoms with van der Waals surface area (Å²) in [6.45, 7) is 2.83. The van der Waals surface area contributed by atoms with Gasteiger partial charge in [-0.1, -0.05) is 41.9 Å². The van der Waals surface area contributed by atoms with Gasteiger partial charge < -0.3 is 19.1 Å². The van der Waals surface area contributed by atoms with E-state index >= 15 is 0 Å². The maximum absolute atomic E-state index is 13.5. The highest BCUT2D eigenvalue weighted by molar-refractivity contribution is 6.31. The minimum Gasteiger partial charge on any atom is -0.488 e. The first kappa shape index (κ1) is 22.1. The largest absolute Gasteiger partial charge is 0.488 e. The van der Waals surface area contributed by atoms with Gasteiger partial charge in [-0.2, -0.15) is 5.26 Å². The number of carbonyl (C=O) groups excluding carboxylic acids is 1. The first-order chi connectivity index (χ1) is 16.6. The molecule has 1 aromatic heterocycles. The lowest BCUT2D eigenvalue weighted by atomic mass is 10.1. The third kappa shape index (κ3) is 4.02. The summed E-state index contributed by atoms with van der Waals surface area (Å²) in [6, 6.07) is 17.2. The van der Waals surface area contributed by atoms with Crippen LogP contribution in [0, 0.1) is 11.3 Å². The summed E-state index contributed by atoms with van der Waals surface area (Å²) in [5, 5.41) is 11.3. The number of anilines is 1. The van der Waals surface area contributed by atoms with E-state index in [1.54, 1.807) is 15.5 Å². The summed E-state index contributed by atoms with van der Waals surface area (Å²) in [5.74, 6) is 0.302. The summed E-state index contributed by atoms with van der Waals surface area (Å²) >= 11 is 6.35. The molecule has 0 aliphatic carbocycles. The molecule has 2 aliphatic rings. The number of piperazine rings is 1. The highest BCUT2D eigenvalue weighted by atomic mass is 35.5. The molecule has 3 aromatic rings. The Morgan fingerprint density at radius 2 is 1.85 bits per heavy atom. The van der Waals surface area contributed by atoms with Gasteiger partial charge in [-0.05, 0) is 29.8 Å². The zero-order chi connectivity index (χ0) is 23.7. The van der Waals surface area contributed by atoms with Gasteiger partial charge >= 0.3 is 0 Å². The lowest BCUT2D eigenvalue weighted by molar-refractivity contribution is -0.130. The summed E-state index contributed by atoms with van der Waals surface area (Å²) in [7, 11) is 0. The molecule has 3 heterocycles. The van der Waals surface area contributed by atoms with Crippen LogP contribution in [0.25, 0.3) is 10.9 Å². The van der Waals surface area contributed by atoms with Gasteiger partial charge in [-0.25, -0.2) is 0 Å². The van der Waals surface area contributed by atoms with E-state index in [1.165, 1.54) is 0 Å². The second-order valence-corrected chi connectivity index (χ2v) is 8.79. The normalized spacial score (nSPS) is 15.7. The fraction of sp³-hybridized carbons (Fsp3) is 0.269. The first-order valence-corrected chi connectivity index (χ1v) is 11.6. The molecule has 0 bridgehead atoms. The fourth-order valence-electron chi connectivity index (χ4n) is 4.62. The van der Waals surface area contributed by atoms with Crippen LogP contribution in [0.15, 0.2) is 65.2 Å². The van der Waals surface area contributed by atoms with Crippen LogP contribution in [0.2, 0.25) is 5.02 Å². The Bertz CT molecular complexity index is 1380. The number of ether oxygens (including phenoxy) is 1. The molecule has 34 heavy (non-hydrogen) atoms. The van der Waals surface area contributed by atoms with E-state index < -0.39 is 0 Å². The second kappa shape index (κ2) is 9.24. The average molecular weight is 475 g/mol. The number of halogens is 1. The second-order valence-electron chi connectivity index (χ2n) is 8.36. The van der Waals surface area contributed by atoms with Gasteiger partial charge in [0.15, 0.2) is 5.76 Å². The van der Waals surface area contributed by atoms with E-state index in [0.29, 0.717) is 55.8 Å². The molecule has 2 aromatic carbocycles. The number of hydrogen-bond donors (Lipinski definition) is 0. The molecule has 8 heteroatoms. The molecule has 1 saturated heterocycles. The van der Waals surface area contributed by atoms with Gasteiger partial charge in [0.05, 0.1) is 24.4 Å². The number of fused-ring (bicyclic) bond motifs is 1. The average Bonchev–Trinajstić information content (AvgIpc) is 3.41. The van der Waals surface area contributed by atoms with Crippen LogP contribution in [-0.2, 0) is 16.1 Å². The maximum Gasteiger partial charge on any atom is 0.288 e. The molecule has 1 fully saturated rings. The van der Waals surface area contributed by atoms with Crippen molar-refractivity contribution in [1.82, 2.24) is 9.47 Å². The predicted molar refractivity (Wildman–Crippen MR) is 131 cm³/mol. The Hall–Kier alpha value is -3.76. The van der Waals surface area contributed by atoms with Crippen molar-refractivity contribution in [3.05, 3.63) is 86.9 Å². The fourth-order valence-corrected chi connectivity index (χ4v) is 4.79. The molecular weight excluding hydrogens is 452 g/mol. The number of nitriles is 1. The number of rotatable bonds is 4. The van der Waals surface area contributed by atoms with E-state index in [9.17, 15) is 14.9 Å². The van der Waals surface area contributed by atoms with Crippen molar-refractivity contribution in [2.75, 3.05) is 37.7 Å². The zero-order valence-corrected chi connectivity index (χ0v) is 19.3. The summed E-state index contributed by atoms with van der Waals surface area (Å²) in [4.78, 5) is 30.0. The molecule has 0 unspecified atom stereocenters. The first-order valence-electron chi connectivity index (χ1n) is 11.2. The Kier molecular flexibility index (Phi) is 5.99. The summed E-state index contributed by atoms with van der Waals surface area (Å²) in [6.07, 6.45) is 2.57. The molecular formula is C26H23ClN4O3. The van der Waals surface area contributed by atoms with Crippen molar-refractivity contribution in [3.63, 3.8) is 0 Å². The number of nitrogens with zero attached hydrogens (tertiary/aromatic N) is 4. The number of amides is 1. The molecule has 0 radical (unpaired) electrons. The lowest BCUT2D eigenvalue weighted by Crippen LogP contribution is -2.50. The van der Waals surface area contributed by atoms with Gasteiger partial charge in [0.1, 0.15) is 11.6 Å². The van der Waals surface area contributed by atoms with Crippen LogP contribution in [0.5, 0.6) is 0 Å². The van der Waals surface area contributed by atoms with Gasteiger partial charge in [0.25, 0.3) is 11.5 Å². The molecule has 0 spiro atoms. The van der Waals surface area contributed by atoms with Crippen LogP contribution < -0.4 is 10.5 Å². The van der Waals surface area contributed by atoms with Gasteiger partial charge in [-0.3, -0.25) is 9.59 Å². The van der Waals surface area contributed by atoms with Crippen LogP contribution in [0.4, 0.5) is 5.69 Å². The molecule has 0 atom stereocenters. The van der Waals surface area contributed by atoms with Crippen LogP contribution >= 0.6 is 11.6 Å². The van der Waals surface area contributed by atoms with Crippen molar-refractivity contribution in [2.45, 2.75) is 13.0 Å². The van der Waals surface area contributed by atoms with Crippen LogP contribution in [-0.4, -0.2) is 48.2 Å². The van der Waals surface area contributed by atoms with Crippen molar-refractivity contribution >= 4 is 34.1 Å². The van der Waals surface area contributed by atoms with Crippen LogP contribution in [0.3, 0.4) is 0 Å². The standard InChI is InChI=1S/C26H23ClN4O3/c27-19-8-9-22-20(15-19)24(21(16-28)25(32)31(22)17-18-5-2-1-3-6-18)29-10-12-30(13-11-29)26(33)23-7-4-14-34-23/h1-3,5-9,15H,4,10-14,17H2. The van der Waals surface area contributed by atoms with Crippen molar-refractivity contribution in [1.29, 1.82) is 5.26 Å². The summed E-state index contributed by atoms with van der Waals surface area (Å²) < 4.78 is 7.05. The van der Waals surface area contributed by atoms with E-state index in [4.69, 9.17) is 16.3 Å². The molecule has 0 N–H and O–H groups in total. The summed E-state index contributed by atoms with van der Waals surface area (Å²) in [5.41, 5.74) is 2.02. The Labute approximate surface area is 202 Å². The number of benzene rings is 2. The maximum atomic E-state index is 13.5. The molecule has 0 saturated carbocycles. The highest BCUT2D eigenvalue weighted by Crippen LogP contribution is 2.32. The molecule has 172 valence electrons. The predicted octanol–water partition coefficient (Wildman–Crippen LogP) is 3.53. The van der Waals surface area contributed by atoms with Crippen molar-refractivity contribution < 1.29 is 9.53 Å². The smallest absolute Gasteiger partial charge is 0.288 e. The van der Waals surface area contributed by atoms with E-state index in [-0.39, 0.29) is 17.0 Å². The Morgan fingerprint density at radius 3 is 2.53 bits per heavy atom. The number of carbonyl (C=O) groups is 1. The van der Waals surface area contributed by atoms with Gasteiger partial charge in [0.2, 0.25) is 0 Å². The zero-order valence-electron chi connectivity index (χ0n) is 18.5. The number of pyridine rings is 1. The van der Waals surface area contributed by atoms with Crippen molar-refractivity contribution in [3.8, 4) is 6.07 Å². The molecule has 5 rings (SSSR count). The van der Waals surface area contributed by atoms with Crippen molar-refractivity contribution in [2.24, 2.45) is 0 Å². The molecule has 7 nitrogen and oxygen atoms in total. The number of hydrogen-bond acceptors (Lipinski definition) is 5. The Morgan fingerprint density at radius 1 is 1.09 bits per heavy atom. The quantitative estimate of drug-likeness (QED) is 0.578. The highest BCUT2D eigenvalue weighted by Gasteiger charge is 2.29. The van der Waals surface area contributed by atoms with Crippen LogP contribution in [0.1, 0.15) is 17.5 Å². The lowest BCUT2D eigenvalue weighted by Gasteiger charge is -2.37. The minimum absolute atomic E-state index is 0.0901. The van der Waals surface area contributed by atoms with Gasteiger partial charge in [-0.15, -0.1) is 0 Å². The monoisotopic (exact) mass is 474 g/mol. The third-order valence-corrected chi connectivity index (χ3v) is 6.53. The Balaban J connectivity index is 1.53. The third-order valence-electron chi connectivity index (χ3n) is 6.29. The van der Waals surface area contributed by atoms with Gasteiger partial charge in [0, 0.05) is 43.0 Å². The van der Waals surface area contributed by atoms with E-state index in [1.807, 2.05) is 53.4 Å². The SMILES string of the molecule is N#Cc1c(N2CCN(C(=O)C3=CCCO3)CC2)c2cc(Cl)ccc2n(Cc2ccccc2)c1=O. The van der Waals surface area contributed by atoms with E-state index in [0.717, 1.165) is 22.9 Å². The molecule has 2 aliphatic heterocycles. The topological polar surface area (TPSA) is 78.6 Å². The van der Waals surface area contributed by atoms with E-state index in [2.05, 4.69) is 6.07 Å². The minimum atomic E-state index is -0.334. The molecule has 1 amide bonds. The number of aromatic nitrogens is 1.